The van der Waals surface area contributed by atoms with Crippen LogP contribution in [-0.4, -0.2) is 36.7 Å². The molecule has 0 aliphatic heterocycles. The molecule has 1 unspecified atom stereocenters. The van der Waals surface area contributed by atoms with E-state index in [0.29, 0.717) is 16.7 Å². The van der Waals surface area contributed by atoms with E-state index in [1.54, 1.807) is 6.07 Å². The fraction of sp³-hybridized carbons (Fsp3) is 0.250. The highest BCUT2D eigenvalue weighted by Crippen LogP contribution is 2.31. The Bertz CT molecular complexity index is 844. The zero-order chi connectivity index (χ0) is 17.1. The van der Waals surface area contributed by atoms with Gasteiger partial charge in [0.1, 0.15) is 0 Å². The van der Waals surface area contributed by atoms with E-state index in [1.165, 1.54) is 0 Å². The van der Waals surface area contributed by atoms with Crippen molar-refractivity contribution in [2.45, 2.75) is 25.0 Å². The highest BCUT2D eigenvalue weighted by atomic mass is 32.2. The summed E-state index contributed by atoms with van der Waals surface area (Å²) in [4.78, 5) is 10.9. The van der Waals surface area contributed by atoms with Crippen LogP contribution in [0.15, 0.2) is 46.1 Å². The monoisotopic (exact) mass is 344 g/mol. The second-order valence-corrected chi connectivity index (χ2v) is 6.22. The van der Waals surface area contributed by atoms with Crippen LogP contribution in [0.25, 0.3) is 11.6 Å². The predicted octanol–water partition coefficient (Wildman–Crippen LogP) is 3.03. The van der Waals surface area contributed by atoms with E-state index in [0.717, 1.165) is 23.0 Å². The molecule has 3 aromatic rings. The molecule has 0 aliphatic rings. The summed E-state index contributed by atoms with van der Waals surface area (Å²) in [6.07, 6.45) is 0. The van der Waals surface area contributed by atoms with Gasteiger partial charge in [-0.15, -0.1) is 10.2 Å². The Morgan fingerprint density at radius 3 is 2.71 bits per heavy atom. The lowest BCUT2D eigenvalue weighted by Crippen LogP contribution is -2.11. The number of hydrogen-bond acceptors (Lipinski definition) is 6. The molecule has 0 aliphatic carbocycles. The van der Waals surface area contributed by atoms with E-state index < -0.39 is 5.97 Å². The number of carboxylic acid groups (broad SMARTS) is 1. The standard InChI is InChI=1S/C16H16N4O3S/c1-10-8-13(23-19-10)15-17-18-16(24-9-14(21)22)20(15)11(2)12-6-4-3-5-7-12/h3-8,11H,9H2,1-2H3,(H,21,22). The van der Waals surface area contributed by atoms with Crippen LogP contribution >= 0.6 is 11.8 Å². The molecule has 1 aromatic carbocycles. The maximum Gasteiger partial charge on any atom is 0.313 e. The van der Waals surface area contributed by atoms with Gasteiger partial charge in [0.15, 0.2) is 5.16 Å². The van der Waals surface area contributed by atoms with Crippen LogP contribution in [0.1, 0.15) is 24.2 Å². The van der Waals surface area contributed by atoms with Crippen molar-refractivity contribution in [1.82, 2.24) is 19.9 Å². The SMILES string of the molecule is Cc1cc(-c2nnc(SCC(=O)O)n2C(C)c2ccccc2)on1. The molecular formula is C16H16N4O3S. The number of aryl methyl sites for hydroxylation is 1. The molecule has 0 amide bonds. The second kappa shape index (κ2) is 6.88. The van der Waals surface area contributed by atoms with E-state index in [1.807, 2.05) is 48.7 Å². The molecule has 0 saturated heterocycles. The van der Waals surface area contributed by atoms with E-state index in [4.69, 9.17) is 9.63 Å². The van der Waals surface area contributed by atoms with Crippen LogP contribution in [0.2, 0.25) is 0 Å². The number of nitrogens with zero attached hydrogens (tertiary/aromatic N) is 4. The maximum absolute atomic E-state index is 10.9. The minimum atomic E-state index is -0.904. The lowest BCUT2D eigenvalue weighted by molar-refractivity contribution is -0.133. The first-order valence-electron chi connectivity index (χ1n) is 7.34. The average Bonchev–Trinajstić information content (AvgIpc) is 3.19. The molecule has 0 radical (unpaired) electrons. The number of thioether (sulfide) groups is 1. The Morgan fingerprint density at radius 1 is 1.33 bits per heavy atom. The molecule has 3 rings (SSSR count). The molecule has 7 nitrogen and oxygen atoms in total. The summed E-state index contributed by atoms with van der Waals surface area (Å²) in [7, 11) is 0. The van der Waals surface area contributed by atoms with Gasteiger partial charge in [-0.25, -0.2) is 0 Å². The quantitative estimate of drug-likeness (QED) is 0.687. The number of rotatable bonds is 6. The van der Waals surface area contributed by atoms with Crippen molar-refractivity contribution in [2.75, 3.05) is 5.75 Å². The lowest BCUT2D eigenvalue weighted by atomic mass is 10.1. The summed E-state index contributed by atoms with van der Waals surface area (Å²) < 4.78 is 7.19. The Labute approximate surface area is 142 Å². The third-order valence-corrected chi connectivity index (χ3v) is 4.43. The van der Waals surface area contributed by atoms with Crippen LogP contribution in [-0.2, 0) is 4.79 Å². The smallest absolute Gasteiger partial charge is 0.313 e. The van der Waals surface area contributed by atoms with Gasteiger partial charge in [-0.1, -0.05) is 47.3 Å². The van der Waals surface area contributed by atoms with Gasteiger partial charge in [0.25, 0.3) is 0 Å². The molecule has 0 fully saturated rings. The van der Waals surface area contributed by atoms with Gasteiger partial charge in [-0.2, -0.15) is 0 Å². The van der Waals surface area contributed by atoms with Crippen molar-refractivity contribution in [3.63, 3.8) is 0 Å². The predicted molar refractivity (Wildman–Crippen MR) is 88.9 cm³/mol. The van der Waals surface area contributed by atoms with Crippen molar-refractivity contribution in [3.8, 4) is 11.6 Å². The average molecular weight is 344 g/mol. The largest absolute Gasteiger partial charge is 0.481 e. The fourth-order valence-corrected chi connectivity index (χ4v) is 3.10. The van der Waals surface area contributed by atoms with Gasteiger partial charge < -0.3 is 9.63 Å². The molecule has 0 bridgehead atoms. The van der Waals surface area contributed by atoms with E-state index in [9.17, 15) is 4.79 Å². The Morgan fingerprint density at radius 2 is 2.08 bits per heavy atom. The van der Waals surface area contributed by atoms with Gasteiger partial charge in [0.2, 0.25) is 11.6 Å². The van der Waals surface area contributed by atoms with Crippen LogP contribution in [0.3, 0.4) is 0 Å². The first-order valence-corrected chi connectivity index (χ1v) is 8.33. The van der Waals surface area contributed by atoms with Crippen molar-refractivity contribution in [1.29, 1.82) is 0 Å². The van der Waals surface area contributed by atoms with E-state index in [-0.39, 0.29) is 11.8 Å². The Balaban J connectivity index is 2.05. The molecular weight excluding hydrogens is 328 g/mol. The number of carbonyl (C=O) groups is 1. The van der Waals surface area contributed by atoms with Gasteiger partial charge in [0, 0.05) is 6.07 Å². The highest BCUT2D eigenvalue weighted by molar-refractivity contribution is 7.99. The highest BCUT2D eigenvalue weighted by Gasteiger charge is 2.23. The molecule has 0 saturated carbocycles. The van der Waals surface area contributed by atoms with Crippen molar-refractivity contribution >= 4 is 17.7 Å². The Kier molecular flexibility index (Phi) is 4.66. The fourth-order valence-electron chi connectivity index (χ4n) is 2.37. The summed E-state index contributed by atoms with van der Waals surface area (Å²) in [5, 5.41) is 21.7. The van der Waals surface area contributed by atoms with Crippen LogP contribution in [0.5, 0.6) is 0 Å². The van der Waals surface area contributed by atoms with E-state index in [2.05, 4.69) is 15.4 Å². The summed E-state index contributed by atoms with van der Waals surface area (Å²) in [5.41, 5.74) is 1.80. The molecule has 1 atom stereocenters. The normalized spacial score (nSPS) is 12.2. The molecule has 1 N–H and O–H groups in total. The van der Waals surface area contributed by atoms with Gasteiger partial charge in [0.05, 0.1) is 17.5 Å². The van der Waals surface area contributed by atoms with Crippen molar-refractivity contribution < 1.29 is 14.4 Å². The zero-order valence-corrected chi connectivity index (χ0v) is 14.0. The summed E-state index contributed by atoms with van der Waals surface area (Å²) in [6, 6.07) is 11.6. The van der Waals surface area contributed by atoms with Crippen LogP contribution in [0.4, 0.5) is 0 Å². The number of benzene rings is 1. The molecule has 2 aromatic heterocycles. The molecule has 8 heteroatoms. The molecule has 24 heavy (non-hydrogen) atoms. The number of carboxylic acids is 1. The third kappa shape index (κ3) is 3.33. The summed E-state index contributed by atoms with van der Waals surface area (Å²) >= 11 is 1.13. The number of hydrogen-bond donors (Lipinski definition) is 1. The number of aliphatic carboxylic acids is 1. The number of aromatic nitrogens is 4. The third-order valence-electron chi connectivity index (χ3n) is 3.51. The summed E-state index contributed by atoms with van der Waals surface area (Å²) in [6.45, 7) is 3.84. The van der Waals surface area contributed by atoms with E-state index >= 15 is 0 Å². The zero-order valence-electron chi connectivity index (χ0n) is 13.2. The second-order valence-electron chi connectivity index (χ2n) is 5.28. The molecule has 0 spiro atoms. The topological polar surface area (TPSA) is 94.0 Å². The van der Waals surface area contributed by atoms with Gasteiger partial charge >= 0.3 is 5.97 Å². The maximum atomic E-state index is 10.9. The minimum absolute atomic E-state index is 0.0853. The summed E-state index contributed by atoms with van der Waals surface area (Å²) in [5.74, 6) is 0.0403. The van der Waals surface area contributed by atoms with Gasteiger partial charge in [-0.05, 0) is 19.4 Å². The molecule has 2 heterocycles. The lowest BCUT2D eigenvalue weighted by Gasteiger charge is -2.17. The minimum Gasteiger partial charge on any atom is -0.481 e. The molecule has 124 valence electrons. The van der Waals surface area contributed by atoms with Crippen LogP contribution in [0, 0.1) is 6.92 Å². The van der Waals surface area contributed by atoms with Gasteiger partial charge in [-0.3, -0.25) is 9.36 Å². The van der Waals surface area contributed by atoms with Crippen molar-refractivity contribution in [3.05, 3.63) is 47.7 Å². The first kappa shape index (κ1) is 16.3. The Hall–Kier alpha value is -2.61. The van der Waals surface area contributed by atoms with Crippen LogP contribution < -0.4 is 0 Å². The first-order chi connectivity index (χ1) is 11.6. The van der Waals surface area contributed by atoms with Crippen molar-refractivity contribution in [2.24, 2.45) is 0 Å².